The van der Waals surface area contributed by atoms with Crippen molar-refractivity contribution >= 4 is 40.5 Å². The number of alkyl carbamates (subject to hydrolysis) is 1. The summed E-state index contributed by atoms with van der Waals surface area (Å²) in [7, 11) is 0. The number of nitrogens with zero attached hydrogens (tertiary/aromatic N) is 2. The number of benzene rings is 1. The number of likely N-dealkylation sites (tertiary alicyclic amines) is 1. The van der Waals surface area contributed by atoms with Crippen LogP contribution in [0.4, 0.5) is 14.9 Å². The number of carbonyl (C=O) groups is 4. The van der Waals surface area contributed by atoms with Crippen molar-refractivity contribution in [3.8, 4) is 0 Å². The van der Waals surface area contributed by atoms with Crippen LogP contribution < -0.4 is 10.6 Å². The first-order valence-corrected chi connectivity index (χ1v) is 18.6. The Morgan fingerprint density at radius 1 is 0.940 bits per heavy atom. The van der Waals surface area contributed by atoms with Gasteiger partial charge in [-0.2, -0.15) is 0 Å². The first kappa shape index (κ1) is 36.1. The van der Waals surface area contributed by atoms with Gasteiger partial charge in [0.25, 0.3) is 5.91 Å². The Hall–Kier alpha value is -3.67. The predicted molar refractivity (Wildman–Crippen MR) is 186 cm³/mol. The molecule has 0 bridgehead atoms. The van der Waals surface area contributed by atoms with Crippen molar-refractivity contribution in [3.05, 3.63) is 30.0 Å². The Kier molecular flexibility index (Phi) is 11.3. The maximum atomic E-state index is 14.2. The number of amides is 4. The summed E-state index contributed by atoms with van der Waals surface area (Å²) >= 11 is 0. The molecule has 2 N–H and O–H groups in total. The highest BCUT2D eigenvalue weighted by Gasteiger charge is 2.47. The van der Waals surface area contributed by atoms with Crippen LogP contribution in [0.25, 0.3) is 11.0 Å². The molecule has 0 spiro atoms. The van der Waals surface area contributed by atoms with Crippen molar-refractivity contribution < 1.29 is 37.5 Å². The number of rotatable bonds is 8. The summed E-state index contributed by atoms with van der Waals surface area (Å²) in [5, 5.41) is 6.53. The number of carbonyl (C=O) groups excluding carboxylic acids is 4. The van der Waals surface area contributed by atoms with E-state index in [1.165, 1.54) is 6.42 Å². The molecule has 2 saturated heterocycles. The second-order valence-corrected chi connectivity index (χ2v) is 15.6. The molecule has 1 unspecified atom stereocenters. The minimum absolute atomic E-state index is 0.00429. The van der Waals surface area contributed by atoms with Gasteiger partial charge in [0.15, 0.2) is 5.76 Å². The van der Waals surface area contributed by atoms with Gasteiger partial charge >= 0.3 is 6.09 Å². The van der Waals surface area contributed by atoms with Gasteiger partial charge < -0.3 is 34.3 Å². The number of anilines is 1. The molecule has 1 aromatic carbocycles. The molecule has 0 radical (unpaired) electrons. The zero-order valence-corrected chi connectivity index (χ0v) is 29.7. The highest BCUT2D eigenvalue weighted by Crippen LogP contribution is 2.41. The Morgan fingerprint density at radius 2 is 1.66 bits per heavy atom. The number of hydrogen-bond donors (Lipinski definition) is 2. The first-order chi connectivity index (χ1) is 24.0. The van der Waals surface area contributed by atoms with Crippen LogP contribution in [0.1, 0.15) is 95.5 Å². The van der Waals surface area contributed by atoms with E-state index in [-0.39, 0.29) is 41.2 Å². The topological polar surface area (TPSA) is 130 Å². The van der Waals surface area contributed by atoms with Crippen molar-refractivity contribution in [2.45, 2.75) is 103 Å². The molecule has 4 fully saturated rings. The minimum atomic E-state index is -0.698. The largest absolute Gasteiger partial charge is 0.451 e. The molecule has 6 rings (SSSR count). The second-order valence-electron chi connectivity index (χ2n) is 15.6. The van der Waals surface area contributed by atoms with E-state index < -0.39 is 30.5 Å². The monoisotopic (exact) mass is 696 g/mol. The Bertz CT molecular complexity index is 1520. The van der Waals surface area contributed by atoms with Gasteiger partial charge in [-0.25, -0.2) is 9.18 Å². The van der Waals surface area contributed by atoms with E-state index >= 15 is 0 Å². The molecule has 12 heteroatoms. The van der Waals surface area contributed by atoms with Crippen molar-refractivity contribution in [2.24, 2.45) is 23.7 Å². The molecular weight excluding hydrogens is 643 g/mol. The van der Waals surface area contributed by atoms with Gasteiger partial charge in [0.2, 0.25) is 11.8 Å². The van der Waals surface area contributed by atoms with Crippen LogP contribution in [0.5, 0.6) is 0 Å². The van der Waals surface area contributed by atoms with E-state index in [0.717, 1.165) is 32.1 Å². The SMILES string of the molecule is CC(C)(C)OC(=O)NC(CF)[C@H]1CC[C@H](C(=O)N2CC[C@@H](C3CCCCC3)[C@H]2C(=O)Nc2ccc3oc(C(=O)N4CCOCC4)cc3c2)CC1. The number of fused-ring (bicyclic) bond motifs is 1. The molecule has 1 aromatic heterocycles. The van der Waals surface area contributed by atoms with Crippen molar-refractivity contribution in [3.63, 3.8) is 0 Å². The van der Waals surface area contributed by atoms with Gasteiger partial charge in [0.05, 0.1) is 19.3 Å². The molecule has 2 saturated carbocycles. The fourth-order valence-corrected chi connectivity index (χ4v) is 8.56. The molecule has 3 atom stereocenters. The summed E-state index contributed by atoms with van der Waals surface area (Å²) in [4.78, 5) is 57.3. The minimum Gasteiger partial charge on any atom is -0.451 e. The summed E-state index contributed by atoms with van der Waals surface area (Å²) in [5.74, 6) is 0.0109. The lowest BCUT2D eigenvalue weighted by atomic mass is 9.76. The van der Waals surface area contributed by atoms with Crippen LogP contribution in [-0.4, -0.2) is 90.8 Å². The van der Waals surface area contributed by atoms with E-state index in [4.69, 9.17) is 13.9 Å². The maximum absolute atomic E-state index is 14.2. The zero-order valence-electron chi connectivity index (χ0n) is 29.7. The quantitative estimate of drug-likeness (QED) is 0.331. The maximum Gasteiger partial charge on any atom is 0.407 e. The molecule has 2 aromatic rings. The lowest BCUT2D eigenvalue weighted by Gasteiger charge is -2.37. The number of furan rings is 1. The average molecular weight is 697 g/mol. The van der Waals surface area contributed by atoms with Gasteiger partial charge in [-0.3, -0.25) is 14.4 Å². The van der Waals surface area contributed by atoms with Gasteiger partial charge in [-0.05, 0) is 94.9 Å². The molecule has 11 nitrogen and oxygen atoms in total. The van der Waals surface area contributed by atoms with Gasteiger partial charge in [-0.15, -0.1) is 0 Å². The number of hydrogen-bond acceptors (Lipinski definition) is 7. The summed E-state index contributed by atoms with van der Waals surface area (Å²) < 4.78 is 30.6. The molecule has 2 aliphatic heterocycles. The lowest BCUT2D eigenvalue weighted by Crippen LogP contribution is -2.50. The Morgan fingerprint density at radius 3 is 2.34 bits per heavy atom. The molecule has 4 amide bonds. The van der Waals surface area contributed by atoms with E-state index in [2.05, 4.69) is 10.6 Å². The molecule has 4 aliphatic rings. The number of ether oxygens (including phenoxy) is 2. The first-order valence-electron chi connectivity index (χ1n) is 18.6. The molecule has 3 heterocycles. The van der Waals surface area contributed by atoms with Gasteiger partial charge in [0, 0.05) is 36.6 Å². The molecule has 274 valence electrons. The van der Waals surface area contributed by atoms with Crippen molar-refractivity contribution in [1.82, 2.24) is 15.1 Å². The highest BCUT2D eigenvalue weighted by atomic mass is 19.1. The van der Waals surface area contributed by atoms with Crippen LogP contribution >= 0.6 is 0 Å². The fourth-order valence-electron chi connectivity index (χ4n) is 8.56. The highest BCUT2D eigenvalue weighted by molar-refractivity contribution is 6.01. The molecule has 2 aliphatic carbocycles. The standard InChI is InChI=1S/C38H53FN4O7/c1-38(2,3)50-37(47)41-30(23-39)25-9-11-26(12-10-25)35(45)43-16-15-29(24-7-5-4-6-8-24)33(43)34(44)40-28-13-14-31-27(21-28)22-32(49-31)36(46)42-17-19-48-20-18-42/h13-14,21-22,24-26,29-30,33H,4-12,15-20,23H2,1-3H3,(H,40,44)(H,41,47)/t25-,26-,29-,30?,33-/m0/s1. The third-order valence-corrected chi connectivity index (χ3v) is 11.1. The third kappa shape index (κ3) is 8.44. The normalized spacial score (nSPS) is 25.7. The van der Waals surface area contributed by atoms with E-state index in [0.29, 0.717) is 81.1 Å². The summed E-state index contributed by atoms with van der Waals surface area (Å²) in [6.07, 6.45) is 8.16. The van der Waals surface area contributed by atoms with E-state index in [1.54, 1.807) is 43.9 Å². The Labute approximate surface area is 293 Å². The van der Waals surface area contributed by atoms with Crippen LogP contribution in [-0.2, 0) is 19.1 Å². The van der Waals surface area contributed by atoms with Crippen LogP contribution in [0.3, 0.4) is 0 Å². The average Bonchev–Trinajstić information content (AvgIpc) is 3.75. The fraction of sp³-hybridized carbons (Fsp3) is 0.684. The van der Waals surface area contributed by atoms with E-state index in [9.17, 15) is 23.6 Å². The lowest BCUT2D eigenvalue weighted by molar-refractivity contribution is -0.142. The molecule has 50 heavy (non-hydrogen) atoms. The van der Waals surface area contributed by atoms with Crippen LogP contribution in [0, 0.1) is 23.7 Å². The third-order valence-electron chi connectivity index (χ3n) is 11.1. The number of alkyl halides is 1. The van der Waals surface area contributed by atoms with Crippen LogP contribution in [0.15, 0.2) is 28.7 Å². The Balaban J connectivity index is 1.13. The summed E-state index contributed by atoms with van der Waals surface area (Å²) in [6.45, 7) is 7.17. The van der Waals surface area contributed by atoms with Gasteiger partial charge in [0.1, 0.15) is 23.9 Å². The number of morpholine rings is 1. The van der Waals surface area contributed by atoms with E-state index in [1.807, 2.05) is 11.0 Å². The van der Waals surface area contributed by atoms with Crippen molar-refractivity contribution in [1.29, 1.82) is 0 Å². The summed E-state index contributed by atoms with van der Waals surface area (Å²) in [5.41, 5.74) is 0.470. The number of halogens is 1. The van der Waals surface area contributed by atoms with Gasteiger partial charge in [-0.1, -0.05) is 32.1 Å². The molecular formula is C38H53FN4O7. The summed E-state index contributed by atoms with van der Waals surface area (Å²) in [6, 6.07) is 5.83. The smallest absolute Gasteiger partial charge is 0.407 e. The predicted octanol–water partition coefficient (Wildman–Crippen LogP) is 6.31. The number of nitrogens with one attached hydrogen (secondary N) is 2. The van der Waals surface area contributed by atoms with Crippen LogP contribution in [0.2, 0.25) is 0 Å². The van der Waals surface area contributed by atoms with Crippen molar-refractivity contribution in [2.75, 3.05) is 44.8 Å². The zero-order chi connectivity index (χ0) is 35.4. The second kappa shape index (κ2) is 15.7.